The third-order valence-electron chi connectivity index (χ3n) is 10.1. The van der Waals surface area contributed by atoms with Crippen LogP contribution in [0.5, 0.6) is 0 Å². The van der Waals surface area contributed by atoms with Gasteiger partial charge >= 0.3 is 0 Å². The topological polar surface area (TPSA) is 43.9 Å². The molecule has 0 N–H and O–H groups in total. The van der Waals surface area contributed by atoms with Crippen LogP contribution in [0.25, 0.3) is 0 Å². The third kappa shape index (κ3) is 6.34. The first-order valence-corrected chi connectivity index (χ1v) is 17.4. The highest BCUT2D eigenvalue weighted by atomic mass is 32.2. The maximum absolute atomic E-state index is 12.3. The molecule has 4 aliphatic rings. The summed E-state index contributed by atoms with van der Waals surface area (Å²) in [7, 11) is -2.87. The molecule has 4 fully saturated rings. The lowest BCUT2D eigenvalue weighted by molar-refractivity contribution is -0.141. The minimum atomic E-state index is -2.87. The minimum Gasteiger partial charge on any atom is -0.301 e. The van der Waals surface area contributed by atoms with Crippen LogP contribution >= 0.6 is 0 Å². The molecule has 4 heterocycles. The van der Waals surface area contributed by atoms with E-state index in [1.54, 1.807) is 0 Å². The largest absolute Gasteiger partial charge is 0.301 e. The van der Waals surface area contributed by atoms with E-state index in [0.717, 1.165) is 25.8 Å². The Balaban J connectivity index is 1.45. The quantitative estimate of drug-likeness (QED) is 0.406. The van der Waals surface area contributed by atoms with E-state index in [1.165, 1.54) is 45.3 Å². The molecule has 4 saturated heterocycles. The molecular formula is C32H61N3O2S. The van der Waals surface area contributed by atoms with Gasteiger partial charge in [-0.05, 0) is 104 Å². The van der Waals surface area contributed by atoms with Crippen LogP contribution in [0.3, 0.4) is 0 Å². The first-order chi connectivity index (χ1) is 17.1. The Morgan fingerprint density at radius 1 is 0.789 bits per heavy atom. The number of likely N-dealkylation sites (tertiary alicyclic amines) is 3. The van der Waals surface area contributed by atoms with Crippen molar-refractivity contribution in [1.82, 2.24) is 14.7 Å². The summed E-state index contributed by atoms with van der Waals surface area (Å²) in [5, 5.41) is 0. The number of piperidine rings is 2. The van der Waals surface area contributed by atoms with Crippen molar-refractivity contribution in [2.24, 2.45) is 16.2 Å². The Hall–Kier alpha value is -0.170. The molecule has 0 radical (unpaired) electrons. The molecule has 38 heavy (non-hydrogen) atoms. The van der Waals surface area contributed by atoms with Crippen molar-refractivity contribution in [3.8, 4) is 0 Å². The summed E-state index contributed by atoms with van der Waals surface area (Å²) in [5.41, 5.74) is 1.04. The van der Waals surface area contributed by atoms with Crippen molar-refractivity contribution in [3.05, 3.63) is 0 Å². The van der Waals surface area contributed by atoms with Crippen LogP contribution in [0.1, 0.15) is 121 Å². The third-order valence-corrected chi connectivity index (χ3v) is 12.1. The highest BCUT2D eigenvalue weighted by molar-refractivity contribution is 7.93. The van der Waals surface area contributed by atoms with Gasteiger partial charge in [0.05, 0.1) is 11.5 Å². The molecule has 4 rings (SSSR count). The van der Waals surface area contributed by atoms with Gasteiger partial charge in [-0.3, -0.25) is 9.80 Å². The number of hydrogen-bond acceptors (Lipinski definition) is 5. The van der Waals surface area contributed by atoms with E-state index in [4.69, 9.17) is 0 Å². The van der Waals surface area contributed by atoms with Gasteiger partial charge < -0.3 is 4.90 Å². The molecular weight excluding hydrogens is 490 g/mol. The normalized spacial score (nSPS) is 30.8. The average molecular weight is 552 g/mol. The fraction of sp³-hybridized carbons (Fsp3) is 1.00. The Morgan fingerprint density at radius 2 is 1.39 bits per heavy atom. The Morgan fingerprint density at radius 3 is 1.89 bits per heavy atom. The predicted octanol–water partition coefficient (Wildman–Crippen LogP) is 6.22. The van der Waals surface area contributed by atoms with Crippen molar-refractivity contribution in [2.75, 3.05) is 37.7 Å². The van der Waals surface area contributed by atoms with E-state index in [0.29, 0.717) is 34.4 Å². The summed E-state index contributed by atoms with van der Waals surface area (Å²) in [4.78, 5) is 8.26. The summed E-state index contributed by atoms with van der Waals surface area (Å²) in [6.07, 6.45) is 8.50. The van der Waals surface area contributed by atoms with Crippen LogP contribution in [0.4, 0.5) is 0 Å². The number of sulfone groups is 1. The van der Waals surface area contributed by atoms with E-state index in [1.807, 2.05) is 0 Å². The second-order valence-electron chi connectivity index (χ2n) is 18.0. The van der Waals surface area contributed by atoms with Gasteiger partial charge in [0.1, 0.15) is 0 Å². The summed E-state index contributed by atoms with van der Waals surface area (Å²) in [5.74, 6) is 0.727. The van der Waals surface area contributed by atoms with Crippen molar-refractivity contribution in [3.63, 3.8) is 0 Å². The fourth-order valence-electron chi connectivity index (χ4n) is 9.41. The summed E-state index contributed by atoms with van der Waals surface area (Å²) < 4.78 is 24.7. The van der Waals surface area contributed by atoms with Gasteiger partial charge in [-0.1, -0.05) is 34.6 Å². The number of rotatable bonds is 5. The van der Waals surface area contributed by atoms with Crippen molar-refractivity contribution < 1.29 is 8.42 Å². The molecule has 0 bridgehead atoms. The SMILES string of the molecule is CC(C)(C)CC1N(C(C)(C)C)CCCC12CN(CC(C)(C)CC1CCCC3(CS(=O)(=O)C3)N1C(C)(C)C)C2. The van der Waals surface area contributed by atoms with Crippen LogP contribution in [0, 0.1) is 16.2 Å². The zero-order valence-corrected chi connectivity index (χ0v) is 27.7. The molecule has 4 aliphatic heterocycles. The lowest BCUT2D eigenvalue weighted by Gasteiger charge is -2.64. The number of hydrogen-bond donors (Lipinski definition) is 0. The Kier molecular flexibility index (Phi) is 7.85. The van der Waals surface area contributed by atoms with E-state index < -0.39 is 9.84 Å². The first-order valence-electron chi connectivity index (χ1n) is 15.6. The Labute approximate surface area is 236 Å². The molecule has 0 aromatic heterocycles. The fourth-order valence-corrected chi connectivity index (χ4v) is 11.5. The summed E-state index contributed by atoms with van der Waals surface area (Å²) in [6, 6.07) is 1.12. The van der Waals surface area contributed by atoms with Crippen LogP contribution in [-0.4, -0.2) is 89.5 Å². The summed E-state index contributed by atoms with van der Waals surface area (Å²) >= 11 is 0. The second kappa shape index (κ2) is 9.70. The lowest BCUT2D eigenvalue weighted by atomic mass is 9.62. The van der Waals surface area contributed by atoms with Gasteiger partial charge in [0, 0.05) is 53.7 Å². The molecule has 222 valence electrons. The van der Waals surface area contributed by atoms with Gasteiger partial charge in [-0.25, -0.2) is 8.42 Å². The molecule has 2 atom stereocenters. The number of nitrogens with zero attached hydrogens (tertiary/aromatic N) is 3. The minimum absolute atomic E-state index is 0.0173. The van der Waals surface area contributed by atoms with Crippen LogP contribution in [0.2, 0.25) is 0 Å². The average Bonchev–Trinajstić information content (AvgIpc) is 2.62. The van der Waals surface area contributed by atoms with Gasteiger partial charge in [-0.15, -0.1) is 0 Å². The van der Waals surface area contributed by atoms with E-state index in [2.05, 4.69) is 90.9 Å². The maximum atomic E-state index is 12.3. The second-order valence-corrected chi connectivity index (χ2v) is 20.0. The molecule has 6 heteroatoms. The first kappa shape index (κ1) is 30.8. The lowest BCUT2D eigenvalue weighted by Crippen LogP contribution is -2.74. The molecule has 0 amide bonds. The molecule has 2 unspecified atom stereocenters. The standard InChI is InChI=1S/C32H61N3O2S/c1-27(2,3)19-26-31(15-13-17-34(26)28(4,5)6)21-33(22-31)20-30(10,11)18-25-14-12-16-32(23-38(36,37)24-32)35(25)29(7,8)9/h25-26H,12-24H2,1-11H3. The molecule has 0 aliphatic carbocycles. The molecule has 0 aromatic carbocycles. The molecule has 0 saturated carbocycles. The zero-order valence-electron chi connectivity index (χ0n) is 26.9. The van der Waals surface area contributed by atoms with Gasteiger partial charge in [-0.2, -0.15) is 0 Å². The summed E-state index contributed by atoms with van der Waals surface area (Å²) in [6.45, 7) is 31.1. The zero-order chi connectivity index (χ0) is 28.6. The monoisotopic (exact) mass is 551 g/mol. The van der Waals surface area contributed by atoms with Crippen molar-refractivity contribution in [2.45, 2.75) is 150 Å². The predicted molar refractivity (Wildman–Crippen MR) is 161 cm³/mol. The van der Waals surface area contributed by atoms with E-state index in [9.17, 15) is 8.42 Å². The smallest absolute Gasteiger partial charge is 0.154 e. The molecule has 5 nitrogen and oxygen atoms in total. The van der Waals surface area contributed by atoms with Crippen LogP contribution in [-0.2, 0) is 9.84 Å². The van der Waals surface area contributed by atoms with Gasteiger partial charge in [0.15, 0.2) is 9.84 Å². The van der Waals surface area contributed by atoms with Crippen LogP contribution in [0.15, 0.2) is 0 Å². The van der Waals surface area contributed by atoms with E-state index >= 15 is 0 Å². The highest BCUT2D eigenvalue weighted by Crippen LogP contribution is 2.51. The molecule has 0 aromatic rings. The Bertz CT molecular complexity index is 948. The van der Waals surface area contributed by atoms with Crippen molar-refractivity contribution >= 4 is 9.84 Å². The van der Waals surface area contributed by atoms with Gasteiger partial charge in [0.25, 0.3) is 0 Å². The van der Waals surface area contributed by atoms with Gasteiger partial charge in [0.2, 0.25) is 0 Å². The molecule has 2 spiro atoms. The highest BCUT2D eigenvalue weighted by Gasteiger charge is 2.59. The van der Waals surface area contributed by atoms with Crippen LogP contribution < -0.4 is 0 Å². The van der Waals surface area contributed by atoms with Crippen molar-refractivity contribution in [1.29, 1.82) is 0 Å². The maximum Gasteiger partial charge on any atom is 0.154 e. The van der Waals surface area contributed by atoms with E-state index in [-0.39, 0.29) is 22.0 Å².